The molecule has 0 saturated heterocycles. The Morgan fingerprint density at radius 1 is 1.40 bits per heavy atom. The van der Waals surface area contributed by atoms with Crippen LogP contribution in [0.4, 0.5) is 0 Å². The van der Waals surface area contributed by atoms with Gasteiger partial charge in [-0.2, -0.15) is 0 Å². The molecule has 0 rings (SSSR count). The lowest BCUT2D eigenvalue weighted by atomic mass is 10.8. The average molecular weight is 169 g/mol. The Balaban J connectivity index is 4.75. The first-order valence-corrected chi connectivity index (χ1v) is 3.52. The van der Waals surface area contributed by atoms with E-state index in [0.29, 0.717) is 0 Å². The van der Waals surface area contributed by atoms with Gasteiger partial charge in [-0.3, -0.25) is 4.57 Å². The van der Waals surface area contributed by atoms with Crippen molar-refractivity contribution in [3.63, 3.8) is 0 Å². The fourth-order valence-corrected chi connectivity index (χ4v) is 0.591. The van der Waals surface area contributed by atoms with Gasteiger partial charge in [-0.05, 0) is 0 Å². The van der Waals surface area contributed by atoms with E-state index in [9.17, 15) is 9.36 Å². The van der Waals surface area contributed by atoms with Crippen LogP contribution >= 0.6 is 7.60 Å². The van der Waals surface area contributed by atoms with Crippen LogP contribution in [0, 0.1) is 0 Å². The van der Waals surface area contributed by atoms with Crippen LogP contribution in [0.25, 0.3) is 0 Å². The molecule has 0 unspecified atom stereocenters. The van der Waals surface area contributed by atoms with Gasteiger partial charge in [0.15, 0.2) is 0 Å². The quantitative estimate of drug-likeness (QED) is 0.182. The van der Waals surface area contributed by atoms with Crippen molar-refractivity contribution in [2.24, 2.45) is 5.16 Å². The van der Waals surface area contributed by atoms with Crippen LogP contribution in [0.15, 0.2) is 5.16 Å². The van der Waals surface area contributed by atoms with E-state index < -0.39 is 19.0 Å². The first-order chi connectivity index (χ1) is 4.39. The third kappa shape index (κ3) is 2.14. The molecule has 8 heteroatoms. The van der Waals surface area contributed by atoms with E-state index in [0.717, 1.165) is 0 Å². The molecule has 0 fully saturated rings. The highest BCUT2D eigenvalue weighted by Crippen LogP contribution is 2.36. The molecular formula is C2H4NO6P. The normalized spacial score (nSPS) is 13.2. The number of rotatable bonds is 2. The molecule has 0 aliphatic carbocycles. The maximum absolute atomic E-state index is 10.0. The largest absolute Gasteiger partial charge is 0.476 e. The lowest BCUT2D eigenvalue weighted by Crippen LogP contribution is -2.12. The van der Waals surface area contributed by atoms with E-state index in [4.69, 9.17) is 20.1 Å². The second-order valence-electron chi connectivity index (χ2n) is 1.27. The first-order valence-electron chi connectivity index (χ1n) is 1.91. The zero-order chi connectivity index (χ0) is 8.36. The van der Waals surface area contributed by atoms with Crippen LogP contribution < -0.4 is 0 Å². The lowest BCUT2D eigenvalue weighted by molar-refractivity contribution is -0.129. The summed E-state index contributed by atoms with van der Waals surface area (Å²) in [5, 5.41) is 17.6. The zero-order valence-corrected chi connectivity index (χ0v) is 5.39. The minimum Gasteiger partial charge on any atom is -0.476 e. The van der Waals surface area contributed by atoms with E-state index in [1.165, 1.54) is 0 Å². The number of nitrogens with zero attached hydrogens (tertiary/aromatic N) is 1. The molecule has 0 heterocycles. The summed E-state index contributed by atoms with van der Waals surface area (Å²) in [7, 11) is -4.93. The highest BCUT2D eigenvalue weighted by molar-refractivity contribution is 7.73. The summed E-state index contributed by atoms with van der Waals surface area (Å²) in [6, 6.07) is 0. The molecule has 0 spiro atoms. The SMILES string of the molecule is O=C(O)C(=NO)P(=O)(O)O. The smallest absolute Gasteiger partial charge is 0.385 e. The Labute approximate surface area is 54.8 Å². The van der Waals surface area contributed by atoms with Gasteiger partial charge in [0.05, 0.1) is 0 Å². The van der Waals surface area contributed by atoms with Crippen molar-refractivity contribution in [1.82, 2.24) is 0 Å². The number of carboxylic acid groups (broad SMARTS) is 1. The van der Waals surface area contributed by atoms with Gasteiger partial charge >= 0.3 is 13.6 Å². The summed E-state index contributed by atoms with van der Waals surface area (Å²) in [5.41, 5.74) is -1.56. The van der Waals surface area contributed by atoms with E-state index in [1.807, 2.05) is 5.16 Å². The van der Waals surface area contributed by atoms with Gasteiger partial charge < -0.3 is 20.1 Å². The standard InChI is InChI=1S/C2H4NO6P/c4-2(5)1(3-6)10(7,8)9/h6H,(H,4,5)(H2,7,8,9). The predicted molar refractivity (Wildman–Crippen MR) is 28.9 cm³/mol. The molecule has 0 bridgehead atoms. The third-order valence-electron chi connectivity index (χ3n) is 0.562. The molecule has 0 aromatic rings. The van der Waals surface area contributed by atoms with Crippen molar-refractivity contribution in [2.45, 2.75) is 0 Å². The zero-order valence-electron chi connectivity index (χ0n) is 4.50. The summed E-state index contributed by atoms with van der Waals surface area (Å²) in [6.45, 7) is 0. The molecule has 0 aliphatic heterocycles. The van der Waals surface area contributed by atoms with Gasteiger partial charge in [0.1, 0.15) is 0 Å². The second kappa shape index (κ2) is 2.78. The molecule has 0 aromatic heterocycles. The number of carbonyl (C=O) groups is 1. The number of carboxylic acids is 1. The lowest BCUT2D eigenvalue weighted by Gasteiger charge is -1.98. The molecule has 0 amide bonds. The van der Waals surface area contributed by atoms with Gasteiger partial charge in [0.25, 0.3) is 5.45 Å². The number of hydrogen-bond donors (Lipinski definition) is 4. The second-order valence-corrected chi connectivity index (χ2v) is 2.78. The van der Waals surface area contributed by atoms with Crippen LogP contribution in [0.2, 0.25) is 0 Å². The summed E-state index contributed by atoms with van der Waals surface area (Å²) in [5.74, 6) is -1.95. The number of oxime groups is 1. The fraction of sp³-hybridized carbons (Fsp3) is 0. The van der Waals surface area contributed by atoms with Gasteiger partial charge in [0, 0.05) is 0 Å². The Hall–Kier alpha value is -0.910. The van der Waals surface area contributed by atoms with Crippen molar-refractivity contribution in [3.8, 4) is 0 Å². The minimum absolute atomic E-state index is 1.56. The highest BCUT2D eigenvalue weighted by Gasteiger charge is 2.30. The summed E-state index contributed by atoms with van der Waals surface area (Å²) >= 11 is 0. The van der Waals surface area contributed by atoms with E-state index >= 15 is 0 Å². The average Bonchev–Trinajstić information content (AvgIpc) is 1.60. The van der Waals surface area contributed by atoms with Crippen molar-refractivity contribution >= 4 is 19.0 Å². The van der Waals surface area contributed by atoms with E-state index in [-0.39, 0.29) is 0 Å². The van der Waals surface area contributed by atoms with Crippen LogP contribution in [0.3, 0.4) is 0 Å². The molecule has 4 N–H and O–H groups in total. The Morgan fingerprint density at radius 3 is 1.80 bits per heavy atom. The Bertz CT molecular complexity index is 214. The van der Waals surface area contributed by atoms with Crippen molar-refractivity contribution in [3.05, 3.63) is 0 Å². The third-order valence-corrected chi connectivity index (χ3v) is 1.39. The summed E-state index contributed by atoms with van der Waals surface area (Å²) in [4.78, 5) is 26.0. The predicted octanol–water partition coefficient (Wildman–Crippen LogP) is -0.964. The molecule has 10 heavy (non-hydrogen) atoms. The van der Waals surface area contributed by atoms with Crippen molar-refractivity contribution < 1.29 is 29.5 Å². The molecule has 0 radical (unpaired) electrons. The highest BCUT2D eigenvalue weighted by atomic mass is 31.2. The van der Waals surface area contributed by atoms with Gasteiger partial charge in [0.2, 0.25) is 0 Å². The maximum Gasteiger partial charge on any atom is 0.385 e. The van der Waals surface area contributed by atoms with Crippen LogP contribution in [-0.2, 0) is 9.36 Å². The molecule has 0 aromatic carbocycles. The van der Waals surface area contributed by atoms with Crippen LogP contribution in [0.5, 0.6) is 0 Å². The molecule has 0 saturated carbocycles. The van der Waals surface area contributed by atoms with Crippen LogP contribution in [-0.4, -0.2) is 31.5 Å². The van der Waals surface area contributed by atoms with Gasteiger partial charge in [-0.1, -0.05) is 5.16 Å². The molecule has 0 aliphatic rings. The molecule has 0 atom stereocenters. The molecular weight excluding hydrogens is 165 g/mol. The van der Waals surface area contributed by atoms with Gasteiger partial charge in [-0.25, -0.2) is 4.79 Å². The first kappa shape index (κ1) is 9.09. The Kier molecular flexibility index (Phi) is 2.53. The van der Waals surface area contributed by atoms with Crippen LogP contribution in [0.1, 0.15) is 0 Å². The van der Waals surface area contributed by atoms with E-state index in [1.54, 1.807) is 0 Å². The number of aliphatic carboxylic acids is 1. The van der Waals surface area contributed by atoms with Crippen molar-refractivity contribution in [1.29, 1.82) is 0 Å². The molecule has 58 valence electrons. The fourth-order valence-electron chi connectivity index (χ4n) is 0.226. The summed E-state index contributed by atoms with van der Waals surface area (Å²) < 4.78 is 10.0. The maximum atomic E-state index is 10.0. The Morgan fingerprint density at radius 2 is 1.80 bits per heavy atom. The topological polar surface area (TPSA) is 127 Å². The summed E-state index contributed by atoms with van der Waals surface area (Å²) in [6.07, 6.45) is 0. The van der Waals surface area contributed by atoms with Gasteiger partial charge in [-0.15, -0.1) is 0 Å². The number of hydrogen-bond acceptors (Lipinski definition) is 4. The monoisotopic (exact) mass is 169 g/mol. The molecule has 7 nitrogen and oxygen atoms in total. The van der Waals surface area contributed by atoms with E-state index in [2.05, 4.69) is 0 Å². The van der Waals surface area contributed by atoms with Crippen molar-refractivity contribution in [2.75, 3.05) is 0 Å². The minimum atomic E-state index is -4.93.